The summed E-state index contributed by atoms with van der Waals surface area (Å²) in [6.07, 6.45) is 4.22. The van der Waals surface area contributed by atoms with Crippen LogP contribution in [-0.2, 0) is 0 Å². The number of hydrogen-bond donors (Lipinski definition) is 1. The van der Waals surface area contributed by atoms with Crippen molar-refractivity contribution in [2.75, 3.05) is 13.1 Å². The molecule has 1 saturated heterocycles. The minimum atomic E-state index is -1.25. The van der Waals surface area contributed by atoms with Gasteiger partial charge in [-0.2, -0.15) is 0 Å². The Balaban J connectivity index is -0.000000116. The summed E-state index contributed by atoms with van der Waals surface area (Å²) in [7, 11) is -1.25. The number of rotatable bonds is 0. The van der Waals surface area contributed by atoms with Gasteiger partial charge < -0.3 is 20.8 Å². The summed E-state index contributed by atoms with van der Waals surface area (Å²) in [4.78, 5) is 0. The molecule has 1 fully saturated rings. The summed E-state index contributed by atoms with van der Waals surface area (Å²) in [6, 6.07) is 0. The van der Waals surface area contributed by atoms with E-state index in [1.54, 1.807) is 0 Å². The van der Waals surface area contributed by atoms with Crippen molar-refractivity contribution in [3.05, 3.63) is 0 Å². The van der Waals surface area contributed by atoms with Crippen LogP contribution in [0.5, 0.6) is 0 Å². The van der Waals surface area contributed by atoms with Crippen molar-refractivity contribution >= 4 is 30.7 Å². The molecule has 0 aliphatic carbocycles. The molecular formula is C5H14BMgNO3. The molecule has 0 aromatic rings. The van der Waals surface area contributed by atoms with Gasteiger partial charge >= 0.3 is 23.1 Å². The first kappa shape index (κ1) is 17.7. The molecule has 0 aromatic heterocycles. The van der Waals surface area contributed by atoms with Crippen LogP contribution in [0, 0.1) is 0 Å². The van der Waals surface area contributed by atoms with Gasteiger partial charge in [-0.1, -0.05) is 6.42 Å². The van der Waals surface area contributed by atoms with Crippen molar-refractivity contribution in [1.82, 2.24) is 5.32 Å². The average Bonchev–Trinajstić information content (AvgIpc) is 1.93. The molecule has 1 aliphatic heterocycles. The topological polar surface area (TPSA) is 89.7 Å². The van der Waals surface area contributed by atoms with Crippen molar-refractivity contribution in [2.45, 2.75) is 19.3 Å². The first-order valence-electron chi connectivity index (χ1n) is 3.28. The Morgan fingerprint density at radius 2 is 1.36 bits per heavy atom. The Hall–Kier alpha value is 0.671. The fourth-order valence-corrected chi connectivity index (χ4v) is 0.802. The molecule has 1 heterocycles. The van der Waals surface area contributed by atoms with E-state index in [-0.39, 0.29) is 28.5 Å². The maximum absolute atomic E-state index is 8.38. The summed E-state index contributed by atoms with van der Waals surface area (Å²) in [5, 5.41) is 20.0. The standard InChI is InChI=1S/C5H11N.BHO2.Mg.H2O/c1-2-4-6-5-3-1;2-1-3;;/h6H,1-5H2;1H;;1H2/q;-2;+2;. The molecule has 0 bridgehead atoms. The predicted octanol–water partition coefficient (Wildman–Crippen LogP) is -3.47. The van der Waals surface area contributed by atoms with Crippen LogP contribution in [0.1, 0.15) is 19.3 Å². The molecule has 0 aromatic carbocycles. The van der Waals surface area contributed by atoms with Gasteiger partial charge in [-0.25, -0.2) is 0 Å². The summed E-state index contributed by atoms with van der Waals surface area (Å²) in [6.45, 7) is 2.50. The molecular weight excluding hydrogens is 157 g/mol. The molecule has 0 saturated carbocycles. The van der Waals surface area contributed by atoms with Gasteiger partial charge in [-0.3, -0.25) is 0 Å². The van der Waals surface area contributed by atoms with E-state index in [1.165, 1.54) is 32.4 Å². The average molecular weight is 171 g/mol. The molecule has 62 valence electrons. The molecule has 0 spiro atoms. The van der Waals surface area contributed by atoms with E-state index in [1.807, 2.05) is 0 Å². The van der Waals surface area contributed by atoms with E-state index >= 15 is 0 Å². The normalized spacial score (nSPS) is 14.4. The van der Waals surface area contributed by atoms with Gasteiger partial charge in [0.2, 0.25) is 0 Å². The van der Waals surface area contributed by atoms with Gasteiger partial charge in [0.15, 0.2) is 0 Å². The van der Waals surface area contributed by atoms with Crippen LogP contribution in [0.25, 0.3) is 0 Å². The van der Waals surface area contributed by atoms with Crippen LogP contribution in [-0.4, -0.2) is 49.3 Å². The van der Waals surface area contributed by atoms with Crippen molar-refractivity contribution < 1.29 is 15.5 Å². The number of piperidine rings is 1. The minimum absolute atomic E-state index is 0. The molecule has 0 amide bonds. The summed E-state index contributed by atoms with van der Waals surface area (Å²) < 4.78 is 0. The van der Waals surface area contributed by atoms with Crippen LogP contribution in [0.3, 0.4) is 0 Å². The second-order valence-corrected chi connectivity index (χ2v) is 1.93. The summed E-state index contributed by atoms with van der Waals surface area (Å²) in [5.74, 6) is 0. The Bertz CT molecular complexity index is 45.5. The van der Waals surface area contributed by atoms with Gasteiger partial charge in [0, 0.05) is 0 Å². The molecule has 3 N–H and O–H groups in total. The Morgan fingerprint density at radius 3 is 1.45 bits per heavy atom. The van der Waals surface area contributed by atoms with E-state index < -0.39 is 7.69 Å². The molecule has 1 rings (SSSR count). The van der Waals surface area contributed by atoms with Gasteiger partial charge in [0.1, 0.15) is 0 Å². The van der Waals surface area contributed by atoms with Crippen LogP contribution >= 0.6 is 0 Å². The maximum atomic E-state index is 8.38. The van der Waals surface area contributed by atoms with Gasteiger partial charge in [-0.15, -0.1) is 7.69 Å². The maximum Gasteiger partial charge on any atom is 2.00 e. The quantitative estimate of drug-likeness (QED) is 0.384. The monoisotopic (exact) mass is 171 g/mol. The SMILES string of the molecule is C1CCNCC1.O.[Mg+2].[O-]B[O-]. The fourth-order valence-electron chi connectivity index (χ4n) is 0.802. The Labute approximate surface area is 84.1 Å². The third-order valence-electron chi connectivity index (χ3n) is 1.21. The molecule has 1 aliphatic rings. The van der Waals surface area contributed by atoms with Crippen LogP contribution in [0.15, 0.2) is 0 Å². The zero-order valence-corrected chi connectivity index (χ0v) is 8.18. The van der Waals surface area contributed by atoms with Crippen molar-refractivity contribution in [3.8, 4) is 0 Å². The van der Waals surface area contributed by atoms with Crippen molar-refractivity contribution in [3.63, 3.8) is 0 Å². The second kappa shape index (κ2) is 17.0. The zero-order valence-electron chi connectivity index (χ0n) is 6.77. The molecule has 11 heavy (non-hydrogen) atoms. The van der Waals surface area contributed by atoms with Crippen molar-refractivity contribution in [2.24, 2.45) is 0 Å². The minimum Gasteiger partial charge on any atom is -0.896 e. The van der Waals surface area contributed by atoms with Gasteiger partial charge in [-0.05, 0) is 25.9 Å². The van der Waals surface area contributed by atoms with Crippen LogP contribution in [0.2, 0.25) is 0 Å². The fraction of sp³-hybridized carbons (Fsp3) is 1.00. The van der Waals surface area contributed by atoms with Gasteiger partial charge in [0.05, 0.1) is 0 Å². The summed E-state index contributed by atoms with van der Waals surface area (Å²) >= 11 is 0. The zero-order chi connectivity index (χ0) is 6.95. The van der Waals surface area contributed by atoms with Gasteiger partial charge in [0.25, 0.3) is 0 Å². The first-order valence-corrected chi connectivity index (χ1v) is 3.28. The third-order valence-corrected chi connectivity index (χ3v) is 1.21. The first-order chi connectivity index (χ1) is 4.41. The van der Waals surface area contributed by atoms with E-state index in [2.05, 4.69) is 5.32 Å². The van der Waals surface area contributed by atoms with Crippen LogP contribution in [0.4, 0.5) is 0 Å². The molecule has 0 unspecified atom stereocenters. The predicted molar refractivity (Wildman–Crippen MR) is 43.2 cm³/mol. The van der Waals surface area contributed by atoms with E-state index in [0.717, 1.165) is 0 Å². The molecule has 0 atom stereocenters. The Morgan fingerprint density at radius 1 is 1.00 bits per heavy atom. The molecule has 4 nitrogen and oxygen atoms in total. The van der Waals surface area contributed by atoms with E-state index in [4.69, 9.17) is 10.0 Å². The third kappa shape index (κ3) is 18.0. The number of hydrogen-bond acceptors (Lipinski definition) is 3. The molecule has 0 radical (unpaired) electrons. The smallest absolute Gasteiger partial charge is 0.896 e. The number of nitrogens with one attached hydrogen (secondary N) is 1. The van der Waals surface area contributed by atoms with E-state index in [0.29, 0.717) is 0 Å². The van der Waals surface area contributed by atoms with E-state index in [9.17, 15) is 0 Å². The van der Waals surface area contributed by atoms with Crippen molar-refractivity contribution in [1.29, 1.82) is 0 Å². The van der Waals surface area contributed by atoms with Crippen LogP contribution < -0.4 is 15.4 Å². The summed E-state index contributed by atoms with van der Waals surface area (Å²) in [5.41, 5.74) is 0. The Kier molecular flexibility index (Phi) is 27.3. The second-order valence-electron chi connectivity index (χ2n) is 1.93. The molecule has 6 heteroatoms. The largest absolute Gasteiger partial charge is 2.00 e.